The highest BCUT2D eigenvalue weighted by Crippen LogP contribution is 2.30. The SMILES string of the molecule is COc1ccc(NC(C)c2ccc(Cl)c(Cl)c2)cc1Cl. The van der Waals surface area contributed by atoms with E-state index in [1.54, 1.807) is 13.2 Å². The van der Waals surface area contributed by atoms with Crippen molar-refractivity contribution in [3.63, 3.8) is 0 Å². The highest BCUT2D eigenvalue weighted by Gasteiger charge is 2.09. The largest absolute Gasteiger partial charge is 0.495 e. The summed E-state index contributed by atoms with van der Waals surface area (Å²) in [5, 5.41) is 5.02. The van der Waals surface area contributed by atoms with Crippen molar-refractivity contribution >= 4 is 40.5 Å². The number of benzene rings is 2. The van der Waals surface area contributed by atoms with Crippen molar-refractivity contribution in [2.75, 3.05) is 12.4 Å². The molecule has 0 amide bonds. The van der Waals surface area contributed by atoms with Gasteiger partial charge in [-0.25, -0.2) is 0 Å². The number of hydrogen-bond acceptors (Lipinski definition) is 2. The first-order chi connectivity index (χ1) is 9.51. The second-order valence-electron chi connectivity index (χ2n) is 4.39. The van der Waals surface area contributed by atoms with Crippen molar-refractivity contribution < 1.29 is 4.74 Å². The van der Waals surface area contributed by atoms with Crippen molar-refractivity contribution in [3.05, 3.63) is 57.0 Å². The Balaban J connectivity index is 2.16. The third-order valence-corrected chi connectivity index (χ3v) is 4.01. The second-order valence-corrected chi connectivity index (χ2v) is 5.61. The summed E-state index contributed by atoms with van der Waals surface area (Å²) in [5.74, 6) is 0.652. The number of rotatable bonds is 4. The molecule has 0 aliphatic heterocycles. The Morgan fingerprint density at radius 1 is 0.950 bits per heavy atom. The van der Waals surface area contributed by atoms with Crippen LogP contribution in [0.4, 0.5) is 5.69 Å². The maximum Gasteiger partial charge on any atom is 0.137 e. The van der Waals surface area contributed by atoms with Crippen LogP contribution < -0.4 is 10.1 Å². The van der Waals surface area contributed by atoms with E-state index in [9.17, 15) is 0 Å². The molecule has 0 aromatic heterocycles. The lowest BCUT2D eigenvalue weighted by Crippen LogP contribution is -2.06. The van der Waals surface area contributed by atoms with Crippen LogP contribution in [0.15, 0.2) is 36.4 Å². The fourth-order valence-electron chi connectivity index (χ4n) is 1.87. The van der Waals surface area contributed by atoms with E-state index in [0.717, 1.165) is 11.3 Å². The van der Waals surface area contributed by atoms with Crippen LogP contribution in [0.25, 0.3) is 0 Å². The Morgan fingerprint density at radius 2 is 1.70 bits per heavy atom. The molecule has 0 radical (unpaired) electrons. The first kappa shape index (κ1) is 15.3. The zero-order valence-corrected chi connectivity index (χ0v) is 13.4. The molecule has 0 heterocycles. The number of nitrogens with one attached hydrogen (secondary N) is 1. The van der Waals surface area contributed by atoms with Gasteiger partial charge in [0.1, 0.15) is 5.75 Å². The molecule has 0 fully saturated rings. The maximum atomic E-state index is 6.10. The molecule has 5 heteroatoms. The first-order valence-corrected chi connectivity index (χ1v) is 7.19. The van der Waals surface area contributed by atoms with Gasteiger partial charge in [0.2, 0.25) is 0 Å². The number of halogens is 3. The zero-order valence-electron chi connectivity index (χ0n) is 11.1. The number of ether oxygens (including phenoxy) is 1. The molecule has 0 saturated carbocycles. The van der Waals surface area contributed by atoms with Gasteiger partial charge in [-0.1, -0.05) is 40.9 Å². The van der Waals surface area contributed by atoms with Gasteiger partial charge in [-0.15, -0.1) is 0 Å². The van der Waals surface area contributed by atoms with Gasteiger partial charge in [-0.3, -0.25) is 0 Å². The average molecular weight is 331 g/mol. The van der Waals surface area contributed by atoms with Gasteiger partial charge in [0.15, 0.2) is 0 Å². The maximum absolute atomic E-state index is 6.10. The van der Waals surface area contributed by atoms with Gasteiger partial charge >= 0.3 is 0 Å². The van der Waals surface area contributed by atoms with E-state index in [0.29, 0.717) is 20.8 Å². The first-order valence-electron chi connectivity index (χ1n) is 6.06. The quantitative estimate of drug-likeness (QED) is 0.761. The Labute approximate surface area is 133 Å². The van der Waals surface area contributed by atoms with Crippen LogP contribution in [-0.4, -0.2) is 7.11 Å². The Bertz CT molecular complexity index is 616. The summed E-state index contributed by atoms with van der Waals surface area (Å²) in [7, 11) is 1.59. The number of hydrogen-bond donors (Lipinski definition) is 1. The minimum Gasteiger partial charge on any atom is -0.495 e. The van der Waals surface area contributed by atoms with Crippen molar-refractivity contribution in [1.82, 2.24) is 0 Å². The van der Waals surface area contributed by atoms with E-state index in [1.165, 1.54) is 0 Å². The predicted molar refractivity (Wildman–Crippen MR) is 86.5 cm³/mol. The smallest absolute Gasteiger partial charge is 0.137 e. The highest BCUT2D eigenvalue weighted by molar-refractivity contribution is 6.42. The summed E-state index contributed by atoms with van der Waals surface area (Å²) >= 11 is 18.0. The molecule has 1 N–H and O–H groups in total. The Hall–Kier alpha value is -1.09. The van der Waals surface area contributed by atoms with E-state index >= 15 is 0 Å². The van der Waals surface area contributed by atoms with E-state index in [2.05, 4.69) is 5.32 Å². The molecule has 1 unspecified atom stereocenters. The minimum atomic E-state index is 0.0780. The molecule has 2 aromatic carbocycles. The molecule has 20 heavy (non-hydrogen) atoms. The number of methoxy groups -OCH3 is 1. The molecule has 1 atom stereocenters. The minimum absolute atomic E-state index is 0.0780. The zero-order chi connectivity index (χ0) is 14.7. The van der Waals surface area contributed by atoms with Crippen molar-refractivity contribution in [2.24, 2.45) is 0 Å². The molecule has 0 bridgehead atoms. The summed E-state index contributed by atoms with van der Waals surface area (Å²) in [4.78, 5) is 0. The summed E-state index contributed by atoms with van der Waals surface area (Å²) in [6, 6.07) is 11.2. The van der Waals surface area contributed by atoms with Gasteiger partial charge in [-0.05, 0) is 42.8 Å². The summed E-state index contributed by atoms with van der Waals surface area (Å²) < 4.78 is 5.13. The fourth-order valence-corrected chi connectivity index (χ4v) is 2.44. The highest BCUT2D eigenvalue weighted by atomic mass is 35.5. The normalized spacial score (nSPS) is 12.1. The average Bonchev–Trinajstić information content (AvgIpc) is 2.42. The van der Waals surface area contributed by atoms with Gasteiger partial charge in [0.25, 0.3) is 0 Å². The fraction of sp³-hybridized carbons (Fsp3) is 0.200. The lowest BCUT2D eigenvalue weighted by Gasteiger charge is -2.17. The topological polar surface area (TPSA) is 21.3 Å². The van der Waals surface area contributed by atoms with Crippen molar-refractivity contribution in [2.45, 2.75) is 13.0 Å². The van der Waals surface area contributed by atoms with Crippen LogP contribution in [-0.2, 0) is 0 Å². The molecule has 0 aliphatic rings. The predicted octanol–water partition coefficient (Wildman–Crippen LogP) is 5.83. The van der Waals surface area contributed by atoms with Gasteiger partial charge < -0.3 is 10.1 Å². The molecular formula is C15H14Cl3NO. The number of anilines is 1. The van der Waals surface area contributed by atoms with Gasteiger partial charge in [0, 0.05) is 11.7 Å². The standard InChI is InChI=1S/C15H14Cl3NO/c1-9(10-3-5-12(16)13(17)7-10)19-11-4-6-15(20-2)14(18)8-11/h3-9,19H,1-2H3. The molecule has 2 aromatic rings. The second kappa shape index (κ2) is 6.57. The summed E-state index contributed by atoms with van der Waals surface area (Å²) in [6.07, 6.45) is 0. The van der Waals surface area contributed by atoms with E-state index < -0.39 is 0 Å². The summed E-state index contributed by atoms with van der Waals surface area (Å²) in [6.45, 7) is 2.04. The van der Waals surface area contributed by atoms with E-state index in [-0.39, 0.29) is 6.04 Å². The van der Waals surface area contributed by atoms with Gasteiger partial charge in [-0.2, -0.15) is 0 Å². The Morgan fingerprint density at radius 3 is 2.30 bits per heavy atom. The molecular weight excluding hydrogens is 317 g/mol. The molecule has 2 rings (SSSR count). The Kier molecular flexibility index (Phi) is 5.03. The third-order valence-electron chi connectivity index (χ3n) is 2.98. The van der Waals surface area contributed by atoms with Crippen LogP contribution in [0, 0.1) is 0 Å². The van der Waals surface area contributed by atoms with E-state index in [4.69, 9.17) is 39.5 Å². The van der Waals surface area contributed by atoms with Crippen LogP contribution in [0.5, 0.6) is 5.75 Å². The van der Waals surface area contributed by atoms with E-state index in [1.807, 2.05) is 37.3 Å². The van der Waals surface area contributed by atoms with Crippen molar-refractivity contribution in [3.8, 4) is 5.75 Å². The lowest BCUT2D eigenvalue weighted by atomic mass is 10.1. The van der Waals surface area contributed by atoms with Crippen LogP contribution in [0.2, 0.25) is 15.1 Å². The van der Waals surface area contributed by atoms with Crippen LogP contribution in [0.1, 0.15) is 18.5 Å². The van der Waals surface area contributed by atoms with Gasteiger partial charge in [0.05, 0.1) is 22.2 Å². The molecule has 0 spiro atoms. The third kappa shape index (κ3) is 3.51. The van der Waals surface area contributed by atoms with Crippen LogP contribution >= 0.6 is 34.8 Å². The molecule has 0 saturated heterocycles. The monoisotopic (exact) mass is 329 g/mol. The van der Waals surface area contributed by atoms with Crippen LogP contribution in [0.3, 0.4) is 0 Å². The molecule has 106 valence electrons. The molecule has 0 aliphatic carbocycles. The summed E-state index contributed by atoms with van der Waals surface area (Å²) in [5.41, 5.74) is 1.96. The van der Waals surface area contributed by atoms with Crippen molar-refractivity contribution in [1.29, 1.82) is 0 Å². The molecule has 2 nitrogen and oxygen atoms in total. The lowest BCUT2D eigenvalue weighted by molar-refractivity contribution is 0.415.